The highest BCUT2D eigenvalue weighted by Gasteiger charge is 2.29. The number of rotatable bonds is 7. The first-order valence-corrected chi connectivity index (χ1v) is 13.4. The van der Waals surface area contributed by atoms with Crippen LogP contribution in [0.5, 0.6) is 5.75 Å². The lowest BCUT2D eigenvalue weighted by Gasteiger charge is -2.37. The molecule has 0 saturated carbocycles. The number of hydrogen-bond acceptors (Lipinski definition) is 4. The number of hydrogen-bond donors (Lipinski definition) is 2. The maximum Gasteiger partial charge on any atom is 0.256 e. The molecule has 1 aliphatic heterocycles. The van der Waals surface area contributed by atoms with Gasteiger partial charge in [0.15, 0.2) is 0 Å². The molecule has 1 saturated heterocycles. The molecule has 5 rings (SSSR count). The third-order valence-electron chi connectivity index (χ3n) is 8.08. The number of aromatic nitrogens is 2. The Labute approximate surface area is 227 Å². The first kappa shape index (κ1) is 26.5. The molecule has 8 heteroatoms. The topological polar surface area (TPSA) is 79.4 Å². The molecular weight excluding hydrogens is 495 g/mol. The first-order valence-electron chi connectivity index (χ1n) is 13.4. The number of nitrogens with zero attached hydrogens (tertiary/aromatic N) is 2. The Morgan fingerprint density at radius 3 is 2.51 bits per heavy atom. The van der Waals surface area contributed by atoms with Crippen molar-refractivity contribution in [3.8, 4) is 5.75 Å². The van der Waals surface area contributed by atoms with Gasteiger partial charge in [-0.05, 0) is 75.9 Å². The fourth-order valence-electron chi connectivity index (χ4n) is 6.00. The summed E-state index contributed by atoms with van der Waals surface area (Å²) in [6.45, 7) is 7.89. The van der Waals surface area contributed by atoms with Gasteiger partial charge in [0.25, 0.3) is 11.5 Å². The summed E-state index contributed by atoms with van der Waals surface area (Å²) in [5, 5.41) is 3.85. The van der Waals surface area contributed by atoms with Crippen LogP contribution in [0.1, 0.15) is 53.1 Å². The van der Waals surface area contributed by atoms with E-state index in [0.717, 1.165) is 48.2 Å². The molecule has 2 aromatic carbocycles. The van der Waals surface area contributed by atoms with Crippen molar-refractivity contribution < 1.29 is 13.9 Å². The molecule has 1 amide bonds. The van der Waals surface area contributed by atoms with E-state index in [2.05, 4.69) is 32.8 Å². The van der Waals surface area contributed by atoms with Crippen molar-refractivity contribution in [3.05, 3.63) is 93.3 Å². The van der Waals surface area contributed by atoms with Crippen LogP contribution in [0.3, 0.4) is 0 Å². The normalized spacial score (nSPS) is 14.9. The largest absolute Gasteiger partial charge is 0.496 e. The third kappa shape index (κ3) is 5.15. The minimum atomic E-state index is -0.271. The Hall–Kier alpha value is -4.07. The number of H-pyrrole nitrogens is 1. The van der Waals surface area contributed by atoms with Gasteiger partial charge in [0, 0.05) is 47.1 Å². The molecule has 2 N–H and O–H groups in total. The lowest BCUT2D eigenvalue weighted by Crippen LogP contribution is -2.36. The Kier molecular flexibility index (Phi) is 7.46. The number of anilines is 1. The van der Waals surface area contributed by atoms with Gasteiger partial charge in [0.2, 0.25) is 0 Å². The Balaban J connectivity index is 1.37. The monoisotopic (exact) mass is 530 g/mol. The lowest BCUT2D eigenvalue weighted by molar-refractivity contribution is 0.0951. The van der Waals surface area contributed by atoms with Gasteiger partial charge in [0.1, 0.15) is 11.6 Å². The van der Waals surface area contributed by atoms with Gasteiger partial charge in [-0.25, -0.2) is 4.39 Å². The minimum absolute atomic E-state index is 0.0635. The first-order chi connectivity index (χ1) is 18.8. The molecule has 0 spiro atoms. The molecule has 4 aromatic rings. The zero-order chi connectivity index (χ0) is 27.7. The van der Waals surface area contributed by atoms with Crippen LogP contribution in [0.25, 0.3) is 10.9 Å². The summed E-state index contributed by atoms with van der Waals surface area (Å²) in [4.78, 5) is 31.2. The molecule has 0 radical (unpaired) electrons. The van der Waals surface area contributed by atoms with E-state index in [9.17, 15) is 14.0 Å². The molecule has 2 aromatic heterocycles. The molecule has 204 valence electrons. The van der Waals surface area contributed by atoms with E-state index in [4.69, 9.17) is 4.74 Å². The van der Waals surface area contributed by atoms with Gasteiger partial charge < -0.3 is 24.5 Å². The average molecular weight is 531 g/mol. The molecule has 1 aliphatic rings. The van der Waals surface area contributed by atoms with Crippen LogP contribution >= 0.6 is 0 Å². The number of aromatic amines is 1. The summed E-state index contributed by atoms with van der Waals surface area (Å²) in [6.07, 6.45) is 2.00. The van der Waals surface area contributed by atoms with Crippen molar-refractivity contribution >= 4 is 22.5 Å². The van der Waals surface area contributed by atoms with Crippen LogP contribution in [0.2, 0.25) is 0 Å². The fraction of sp³-hybridized carbons (Fsp3) is 0.355. The number of carbonyl (C=O) groups is 1. The zero-order valence-electron chi connectivity index (χ0n) is 22.9. The Bertz CT molecular complexity index is 1550. The molecule has 3 heterocycles. The maximum atomic E-state index is 13.6. The number of methoxy groups -OCH3 is 1. The number of pyridine rings is 1. The van der Waals surface area contributed by atoms with Gasteiger partial charge in [-0.2, -0.15) is 0 Å². The van der Waals surface area contributed by atoms with E-state index in [1.807, 2.05) is 37.3 Å². The second-order valence-electron chi connectivity index (χ2n) is 10.4. The van der Waals surface area contributed by atoms with Crippen molar-refractivity contribution in [2.24, 2.45) is 5.92 Å². The standard InChI is InChI=1S/C31H35FN4O3/c1-19-17-28(39-4)26(30(37)34-19)18-33-31(38)29-21(3)36(27-8-6-5-7-25(27)29)20(2)22-13-15-35(16-14-22)24-11-9-23(32)10-12-24/h5-12,17,20,22H,13-16,18H2,1-4H3,(H,33,38)(H,34,37). The summed E-state index contributed by atoms with van der Waals surface area (Å²) in [5.41, 5.74) is 4.43. The molecule has 39 heavy (non-hydrogen) atoms. The highest BCUT2D eigenvalue weighted by atomic mass is 19.1. The number of benzene rings is 2. The van der Waals surface area contributed by atoms with E-state index in [1.54, 1.807) is 13.0 Å². The van der Waals surface area contributed by atoms with Gasteiger partial charge in [-0.15, -0.1) is 0 Å². The van der Waals surface area contributed by atoms with Gasteiger partial charge in [-0.1, -0.05) is 18.2 Å². The fourth-order valence-corrected chi connectivity index (χ4v) is 6.00. The van der Waals surface area contributed by atoms with E-state index >= 15 is 0 Å². The smallest absolute Gasteiger partial charge is 0.256 e. The van der Waals surface area contributed by atoms with E-state index < -0.39 is 0 Å². The van der Waals surface area contributed by atoms with Crippen LogP contribution in [-0.4, -0.2) is 35.7 Å². The van der Waals surface area contributed by atoms with Crippen molar-refractivity contribution in [2.75, 3.05) is 25.1 Å². The molecule has 0 bridgehead atoms. The lowest BCUT2D eigenvalue weighted by atomic mass is 9.89. The highest BCUT2D eigenvalue weighted by Crippen LogP contribution is 2.36. The molecular formula is C31H35FN4O3. The second kappa shape index (κ2) is 11.0. The number of fused-ring (bicyclic) bond motifs is 1. The number of ether oxygens (including phenoxy) is 1. The molecule has 1 atom stereocenters. The third-order valence-corrected chi connectivity index (χ3v) is 8.08. The Morgan fingerprint density at radius 2 is 1.82 bits per heavy atom. The highest BCUT2D eigenvalue weighted by molar-refractivity contribution is 6.08. The summed E-state index contributed by atoms with van der Waals surface area (Å²) in [7, 11) is 1.52. The zero-order valence-corrected chi connectivity index (χ0v) is 22.9. The van der Waals surface area contributed by atoms with Crippen LogP contribution in [0, 0.1) is 25.6 Å². The molecule has 1 fully saturated rings. The predicted octanol–water partition coefficient (Wildman–Crippen LogP) is 5.50. The molecule has 1 unspecified atom stereocenters. The number of aryl methyl sites for hydroxylation is 1. The second-order valence-corrected chi connectivity index (χ2v) is 10.4. The predicted molar refractivity (Wildman–Crippen MR) is 152 cm³/mol. The molecule has 7 nitrogen and oxygen atoms in total. The van der Waals surface area contributed by atoms with E-state index in [1.165, 1.54) is 19.2 Å². The minimum Gasteiger partial charge on any atom is -0.496 e. The number of carbonyl (C=O) groups excluding carboxylic acids is 1. The number of nitrogens with one attached hydrogen (secondary N) is 2. The van der Waals surface area contributed by atoms with Crippen LogP contribution < -0.4 is 20.5 Å². The van der Waals surface area contributed by atoms with Crippen LogP contribution in [0.15, 0.2) is 59.4 Å². The quantitative estimate of drug-likeness (QED) is 0.331. The number of halogens is 1. The summed E-state index contributed by atoms with van der Waals surface area (Å²) in [5.74, 6) is 0.448. The van der Waals surface area contributed by atoms with Crippen LogP contribution in [0.4, 0.5) is 10.1 Å². The maximum absolute atomic E-state index is 13.6. The SMILES string of the molecule is COc1cc(C)[nH]c(=O)c1CNC(=O)c1c(C)n(C(C)C2CCN(c3ccc(F)cc3)CC2)c2ccccc12. The van der Waals surface area contributed by atoms with Crippen LogP contribution in [-0.2, 0) is 6.54 Å². The van der Waals surface area contributed by atoms with E-state index in [0.29, 0.717) is 28.5 Å². The number of para-hydroxylation sites is 1. The van der Waals surface area contributed by atoms with Gasteiger partial charge in [0.05, 0.1) is 24.8 Å². The van der Waals surface area contributed by atoms with Crippen molar-refractivity contribution in [1.29, 1.82) is 0 Å². The van der Waals surface area contributed by atoms with E-state index in [-0.39, 0.29) is 29.9 Å². The summed E-state index contributed by atoms with van der Waals surface area (Å²) >= 11 is 0. The van der Waals surface area contributed by atoms with Gasteiger partial charge >= 0.3 is 0 Å². The molecule has 0 aliphatic carbocycles. The van der Waals surface area contributed by atoms with Crippen molar-refractivity contribution in [1.82, 2.24) is 14.9 Å². The average Bonchev–Trinajstić information content (AvgIpc) is 3.23. The summed E-state index contributed by atoms with van der Waals surface area (Å²) in [6, 6.07) is 16.6. The summed E-state index contributed by atoms with van der Waals surface area (Å²) < 4.78 is 21.0. The van der Waals surface area contributed by atoms with Gasteiger partial charge in [-0.3, -0.25) is 9.59 Å². The van der Waals surface area contributed by atoms with Crippen molar-refractivity contribution in [2.45, 2.75) is 46.2 Å². The van der Waals surface area contributed by atoms with Crippen molar-refractivity contribution in [3.63, 3.8) is 0 Å². The number of amides is 1. The Morgan fingerprint density at radius 1 is 1.13 bits per heavy atom. The number of piperidine rings is 1.